The number of carbonyl (C=O) groups excluding carboxylic acids is 1. The lowest BCUT2D eigenvalue weighted by Gasteiger charge is -2.37. The van der Waals surface area contributed by atoms with Crippen LogP contribution in [0.4, 0.5) is 23.3 Å². The number of H-pyrrole nitrogens is 1. The molecule has 22 nitrogen and oxygen atoms in total. The van der Waals surface area contributed by atoms with Crippen molar-refractivity contribution in [2.45, 2.75) is 68.1 Å². The average Bonchev–Trinajstić information content (AvgIpc) is 3.60. The molecule has 0 spiro atoms. The number of fused-ring (bicyclic) bond motifs is 2. The van der Waals surface area contributed by atoms with Gasteiger partial charge in [0, 0.05) is 26.2 Å². The zero-order valence-corrected chi connectivity index (χ0v) is 27.7. The van der Waals surface area contributed by atoms with Crippen LogP contribution in [0, 0.1) is 0 Å². The van der Waals surface area contributed by atoms with Crippen molar-refractivity contribution in [1.29, 1.82) is 0 Å². The molecule has 3 aliphatic rings. The van der Waals surface area contributed by atoms with Crippen molar-refractivity contribution in [3.63, 3.8) is 0 Å². The van der Waals surface area contributed by atoms with Gasteiger partial charge in [0.1, 0.15) is 41.9 Å². The van der Waals surface area contributed by atoms with Gasteiger partial charge in [0.15, 0.2) is 29.2 Å². The van der Waals surface area contributed by atoms with Crippen LogP contribution in [0.3, 0.4) is 0 Å². The summed E-state index contributed by atoms with van der Waals surface area (Å²) in [7, 11) is -4.11. The Bertz CT molecular complexity index is 2020. The predicted molar refractivity (Wildman–Crippen MR) is 176 cm³/mol. The molecule has 2 saturated heterocycles. The first kappa shape index (κ1) is 35.0. The third-order valence-corrected chi connectivity index (χ3v) is 10.8. The number of aliphatic imine (C=N–C) groups is 1. The van der Waals surface area contributed by atoms with Gasteiger partial charge >= 0.3 is 5.97 Å². The number of imidazole rings is 1. The second kappa shape index (κ2) is 13.1. The van der Waals surface area contributed by atoms with Gasteiger partial charge in [0.25, 0.3) is 11.5 Å². The summed E-state index contributed by atoms with van der Waals surface area (Å²) in [5.41, 5.74) is 10.2. The highest BCUT2D eigenvalue weighted by Gasteiger charge is 2.46. The molecule has 1 amide bonds. The standard InChI is InChI=1S/C27H37N13O9S/c1-27(2)18(35-15-20(38-27)36-26(29)37-22(15)43)23(44)30-4-6-39-5-3-11(7-12(39)25(45)46)50(47,48)34-8-13-16(41)17(42)24(49-13)40-10-33-14-19(28)31-9-32-21(14)40/h9-13,16-17,24,34,41-42H,3-8H2,1-2H3,(H,30,44)(H,45,46)(H2,28,31,32)(H4,29,36,37,38,43)/t11?,12?,13-,16?,17?,24-/m1/s1. The van der Waals surface area contributed by atoms with Crippen LogP contribution in [-0.4, -0.2) is 137 Å². The fourth-order valence-corrected chi connectivity index (χ4v) is 7.79. The minimum atomic E-state index is -4.11. The number of aromatic amines is 1. The molecule has 3 aromatic rings. The van der Waals surface area contributed by atoms with Crippen LogP contribution >= 0.6 is 0 Å². The van der Waals surface area contributed by atoms with Gasteiger partial charge in [-0.1, -0.05) is 0 Å². The lowest BCUT2D eigenvalue weighted by atomic mass is 9.95. The summed E-state index contributed by atoms with van der Waals surface area (Å²) in [5, 5.41) is 35.9. The maximum atomic E-state index is 13.3. The van der Waals surface area contributed by atoms with Crippen LogP contribution in [0.2, 0.25) is 0 Å². The van der Waals surface area contributed by atoms with E-state index in [1.165, 1.54) is 17.2 Å². The highest BCUT2D eigenvalue weighted by atomic mass is 32.2. The molecule has 3 aromatic heterocycles. The quantitative estimate of drug-likeness (QED) is 0.0987. The zero-order valence-electron chi connectivity index (χ0n) is 26.8. The lowest BCUT2D eigenvalue weighted by Crippen LogP contribution is -2.55. The molecule has 6 heterocycles. The molecule has 4 unspecified atom stereocenters. The number of aromatic nitrogens is 6. The fourth-order valence-electron chi connectivity index (χ4n) is 6.30. The average molecular weight is 720 g/mol. The largest absolute Gasteiger partial charge is 0.480 e. The Morgan fingerprint density at radius 1 is 1.18 bits per heavy atom. The van der Waals surface area contributed by atoms with Crippen molar-refractivity contribution >= 4 is 62.0 Å². The SMILES string of the molecule is CC1(C)Nc2nc(N)[nH]c(=O)c2N=C1C(=O)NCCN1CCC(S(=O)(=O)NC[C@H]2O[C@@H](n3cnc4c(N)ncnc43)C(O)C2O)CC1C(=O)O. The second-order valence-corrected chi connectivity index (χ2v) is 14.7. The smallest absolute Gasteiger partial charge is 0.320 e. The molecule has 6 atom stereocenters. The number of nitrogens with zero attached hydrogens (tertiary/aromatic N) is 7. The highest BCUT2D eigenvalue weighted by Crippen LogP contribution is 2.33. The van der Waals surface area contributed by atoms with E-state index in [-0.39, 0.29) is 72.6 Å². The number of ether oxygens (including phenoxy) is 1. The van der Waals surface area contributed by atoms with Gasteiger partial charge in [0.2, 0.25) is 16.0 Å². The minimum absolute atomic E-state index is 0.0000247. The van der Waals surface area contributed by atoms with E-state index in [4.69, 9.17) is 16.2 Å². The molecule has 6 rings (SSSR count). The first-order valence-corrected chi connectivity index (χ1v) is 17.1. The topological polar surface area (TPSA) is 331 Å². The van der Waals surface area contributed by atoms with E-state index in [9.17, 15) is 38.1 Å². The summed E-state index contributed by atoms with van der Waals surface area (Å²) in [6.07, 6.45) is -2.90. The van der Waals surface area contributed by atoms with Crippen LogP contribution < -0.4 is 32.4 Å². The van der Waals surface area contributed by atoms with Gasteiger partial charge in [-0.3, -0.25) is 28.8 Å². The summed E-state index contributed by atoms with van der Waals surface area (Å²) >= 11 is 0. The molecule has 0 aromatic carbocycles. The molecule has 3 aliphatic heterocycles. The fraction of sp³-hybridized carbons (Fsp3) is 0.556. The Labute approximate surface area is 283 Å². The molecule has 0 saturated carbocycles. The number of anilines is 3. The van der Waals surface area contributed by atoms with E-state index in [2.05, 4.69) is 45.3 Å². The van der Waals surface area contributed by atoms with E-state index >= 15 is 0 Å². The van der Waals surface area contributed by atoms with Gasteiger partial charge in [0.05, 0.1) is 17.1 Å². The number of nitrogens with two attached hydrogens (primary N) is 2. The molecule has 0 aliphatic carbocycles. The van der Waals surface area contributed by atoms with Crippen LogP contribution in [0.5, 0.6) is 0 Å². The Kier molecular flexibility index (Phi) is 9.21. The first-order valence-electron chi connectivity index (χ1n) is 15.5. The number of piperidine rings is 1. The van der Waals surface area contributed by atoms with Crippen LogP contribution in [0.1, 0.15) is 32.9 Å². The van der Waals surface area contributed by atoms with Gasteiger partial charge in [-0.2, -0.15) is 4.98 Å². The maximum Gasteiger partial charge on any atom is 0.320 e. The number of aliphatic carboxylic acids is 1. The summed E-state index contributed by atoms with van der Waals surface area (Å²) in [6.45, 7) is 3.10. The number of sulfonamides is 1. The van der Waals surface area contributed by atoms with Gasteiger partial charge in [-0.15, -0.1) is 0 Å². The number of hydrogen-bond acceptors (Lipinski definition) is 17. The van der Waals surface area contributed by atoms with Crippen LogP contribution in [-0.2, 0) is 24.3 Å². The summed E-state index contributed by atoms with van der Waals surface area (Å²) in [4.78, 5) is 61.9. The van der Waals surface area contributed by atoms with Crippen molar-refractivity contribution in [2.75, 3.05) is 43.0 Å². The van der Waals surface area contributed by atoms with E-state index in [0.717, 1.165) is 0 Å². The molecule has 50 heavy (non-hydrogen) atoms. The normalized spacial score (nSPS) is 26.6. The Morgan fingerprint density at radius 2 is 1.94 bits per heavy atom. The van der Waals surface area contributed by atoms with Gasteiger partial charge in [-0.25, -0.2) is 33.1 Å². The summed E-state index contributed by atoms with van der Waals surface area (Å²) in [6, 6.07) is -1.18. The number of carboxylic acid groups (broad SMARTS) is 1. The van der Waals surface area contributed by atoms with Crippen molar-refractivity contribution < 1.29 is 38.1 Å². The first-order chi connectivity index (χ1) is 23.6. The summed E-state index contributed by atoms with van der Waals surface area (Å²) in [5.74, 6) is -1.72. The van der Waals surface area contributed by atoms with E-state index < -0.39 is 75.4 Å². The van der Waals surface area contributed by atoms with Gasteiger partial charge < -0.3 is 42.2 Å². The Morgan fingerprint density at radius 3 is 2.68 bits per heavy atom. The molecule has 0 bridgehead atoms. The van der Waals surface area contributed by atoms with Crippen LogP contribution in [0.25, 0.3) is 11.2 Å². The number of carbonyl (C=O) groups is 2. The van der Waals surface area contributed by atoms with E-state index in [0.29, 0.717) is 0 Å². The number of nitrogens with one attached hydrogen (secondary N) is 4. The third kappa shape index (κ3) is 6.57. The molecule has 270 valence electrons. The minimum Gasteiger partial charge on any atom is -0.480 e. The van der Waals surface area contributed by atoms with E-state index in [1.54, 1.807) is 18.7 Å². The predicted octanol–water partition coefficient (Wildman–Crippen LogP) is -3.38. The number of rotatable bonds is 10. The summed E-state index contributed by atoms with van der Waals surface area (Å²) < 4.78 is 36.2. The molecule has 11 N–H and O–H groups in total. The number of hydrogen-bond donors (Lipinski definition) is 9. The van der Waals surface area contributed by atoms with Gasteiger partial charge in [-0.05, 0) is 26.7 Å². The highest BCUT2D eigenvalue weighted by molar-refractivity contribution is 7.90. The van der Waals surface area contributed by atoms with E-state index in [1.807, 2.05) is 0 Å². The Balaban J connectivity index is 1.04. The third-order valence-electron chi connectivity index (χ3n) is 8.93. The number of aliphatic hydroxyl groups is 2. The van der Waals surface area contributed by atoms with Crippen molar-refractivity contribution in [3.05, 3.63) is 23.0 Å². The number of likely N-dealkylation sites (tertiary alicyclic amines) is 1. The van der Waals surface area contributed by atoms with Crippen LogP contribution in [0.15, 0.2) is 22.4 Å². The zero-order chi connectivity index (χ0) is 36.1. The molecule has 23 heteroatoms. The molecule has 2 fully saturated rings. The lowest BCUT2D eigenvalue weighted by molar-refractivity contribution is -0.144. The molecule has 0 radical (unpaired) electrons. The number of carboxylic acids is 1. The van der Waals surface area contributed by atoms with Crippen molar-refractivity contribution in [3.8, 4) is 0 Å². The second-order valence-electron chi connectivity index (χ2n) is 12.7. The molecular formula is C27H37N13O9S. The maximum absolute atomic E-state index is 13.3. The van der Waals surface area contributed by atoms with Crippen molar-refractivity contribution in [2.24, 2.45) is 4.99 Å². The Hall–Kier alpha value is -4.81. The number of aliphatic hydroxyl groups excluding tert-OH is 2. The molecular weight excluding hydrogens is 682 g/mol. The number of nitrogen functional groups attached to an aromatic ring is 2. The number of amides is 1. The monoisotopic (exact) mass is 719 g/mol. The van der Waals surface area contributed by atoms with Crippen molar-refractivity contribution in [1.82, 2.24) is 44.4 Å².